The highest BCUT2D eigenvalue weighted by molar-refractivity contribution is 5.73. The van der Waals surface area contributed by atoms with E-state index in [2.05, 4.69) is 0 Å². The molecule has 2 atom stereocenters. The topological polar surface area (TPSA) is 70.1 Å². The van der Waals surface area contributed by atoms with Crippen molar-refractivity contribution in [1.29, 1.82) is 0 Å². The van der Waals surface area contributed by atoms with Crippen molar-refractivity contribution in [2.45, 2.75) is 58.8 Å². The zero-order valence-electron chi connectivity index (χ0n) is 13.0. The summed E-state index contributed by atoms with van der Waals surface area (Å²) < 4.78 is 5.35. The molecular weight excluding hydrogens is 260 g/mol. The molecule has 0 radical (unpaired) electrons. The van der Waals surface area contributed by atoms with Crippen LogP contribution in [0.1, 0.15) is 41.0 Å². The quantitative estimate of drug-likeness (QED) is 0.847. The molecule has 1 N–H and O–H groups in total. The first-order valence-electron chi connectivity index (χ1n) is 7.07. The summed E-state index contributed by atoms with van der Waals surface area (Å²) >= 11 is 0. The van der Waals surface area contributed by atoms with Gasteiger partial charge in [-0.25, -0.2) is 4.79 Å². The molecular formula is C14H26N2O4. The van der Waals surface area contributed by atoms with Crippen molar-refractivity contribution in [2.75, 3.05) is 19.6 Å². The monoisotopic (exact) mass is 286 g/mol. The van der Waals surface area contributed by atoms with Gasteiger partial charge in [0, 0.05) is 20.0 Å². The SMILES string of the molecule is CCN(CC1CC(O)CN1C(=O)OC(C)(C)C)C(C)=O. The molecule has 6 heteroatoms. The van der Waals surface area contributed by atoms with Crippen molar-refractivity contribution in [1.82, 2.24) is 9.80 Å². The molecule has 2 amide bonds. The Morgan fingerprint density at radius 2 is 2.00 bits per heavy atom. The third-order valence-corrected chi connectivity index (χ3v) is 3.28. The predicted octanol–water partition coefficient (Wildman–Crippen LogP) is 1.23. The van der Waals surface area contributed by atoms with Crippen molar-refractivity contribution in [3.8, 4) is 0 Å². The molecule has 20 heavy (non-hydrogen) atoms. The van der Waals surface area contributed by atoms with Crippen LogP contribution in [-0.4, -0.2) is 64.3 Å². The van der Waals surface area contributed by atoms with Crippen molar-refractivity contribution in [2.24, 2.45) is 0 Å². The molecule has 0 aromatic heterocycles. The maximum atomic E-state index is 12.1. The zero-order valence-corrected chi connectivity index (χ0v) is 13.0. The lowest BCUT2D eigenvalue weighted by Gasteiger charge is -2.31. The minimum Gasteiger partial charge on any atom is -0.444 e. The maximum absolute atomic E-state index is 12.1. The van der Waals surface area contributed by atoms with E-state index in [0.717, 1.165) is 0 Å². The van der Waals surface area contributed by atoms with Gasteiger partial charge in [0.1, 0.15) is 5.60 Å². The minimum absolute atomic E-state index is 0.0296. The van der Waals surface area contributed by atoms with Gasteiger partial charge >= 0.3 is 6.09 Å². The van der Waals surface area contributed by atoms with Crippen LogP contribution in [0.4, 0.5) is 4.79 Å². The van der Waals surface area contributed by atoms with Gasteiger partial charge in [-0.2, -0.15) is 0 Å². The second-order valence-corrected chi connectivity index (χ2v) is 6.23. The van der Waals surface area contributed by atoms with E-state index in [1.807, 2.05) is 6.92 Å². The lowest BCUT2D eigenvalue weighted by atomic mass is 10.2. The Balaban J connectivity index is 2.73. The Hall–Kier alpha value is -1.30. The molecule has 0 saturated carbocycles. The summed E-state index contributed by atoms with van der Waals surface area (Å²) in [7, 11) is 0. The van der Waals surface area contributed by atoms with E-state index in [-0.39, 0.29) is 18.5 Å². The first kappa shape index (κ1) is 16.8. The van der Waals surface area contributed by atoms with Crippen molar-refractivity contribution in [3.05, 3.63) is 0 Å². The number of β-amino-alcohol motifs (C(OH)–C–C–N with tert-alkyl or cyclic N) is 1. The number of aliphatic hydroxyl groups excluding tert-OH is 1. The molecule has 0 aromatic carbocycles. The number of carbonyl (C=O) groups is 2. The van der Waals surface area contributed by atoms with Crippen LogP contribution >= 0.6 is 0 Å². The Bertz CT molecular complexity index is 365. The summed E-state index contributed by atoms with van der Waals surface area (Å²) in [5.41, 5.74) is -0.569. The van der Waals surface area contributed by atoms with Crippen molar-refractivity contribution in [3.63, 3.8) is 0 Å². The molecule has 1 heterocycles. The molecule has 1 saturated heterocycles. The molecule has 6 nitrogen and oxygen atoms in total. The highest BCUT2D eigenvalue weighted by Gasteiger charge is 2.37. The number of likely N-dealkylation sites (N-methyl/N-ethyl adjacent to an activating group) is 1. The number of ether oxygens (including phenoxy) is 1. The Morgan fingerprint density at radius 3 is 2.45 bits per heavy atom. The average Bonchev–Trinajstić information content (AvgIpc) is 2.64. The van der Waals surface area contributed by atoms with Crippen LogP contribution < -0.4 is 0 Å². The summed E-state index contributed by atoms with van der Waals surface area (Å²) in [6.45, 7) is 10.1. The lowest BCUT2D eigenvalue weighted by Crippen LogP contribution is -2.46. The molecule has 1 fully saturated rings. The zero-order chi connectivity index (χ0) is 15.5. The summed E-state index contributed by atoms with van der Waals surface area (Å²) in [5.74, 6) is -0.0296. The van der Waals surface area contributed by atoms with Crippen LogP contribution in [0.25, 0.3) is 0 Å². The van der Waals surface area contributed by atoms with Crippen molar-refractivity contribution >= 4 is 12.0 Å². The summed E-state index contributed by atoms with van der Waals surface area (Å²) in [5, 5.41) is 9.79. The second-order valence-electron chi connectivity index (χ2n) is 6.23. The van der Waals surface area contributed by atoms with E-state index in [0.29, 0.717) is 19.5 Å². The fourth-order valence-corrected chi connectivity index (χ4v) is 2.34. The number of hydrogen-bond donors (Lipinski definition) is 1. The van der Waals surface area contributed by atoms with Crippen LogP contribution in [0.2, 0.25) is 0 Å². The van der Waals surface area contributed by atoms with Crippen LogP contribution in [-0.2, 0) is 9.53 Å². The maximum Gasteiger partial charge on any atom is 0.410 e. The summed E-state index contributed by atoms with van der Waals surface area (Å²) in [6.07, 6.45) is -0.514. The van der Waals surface area contributed by atoms with E-state index in [1.165, 1.54) is 11.8 Å². The molecule has 0 spiro atoms. The Labute approximate surface area is 120 Å². The minimum atomic E-state index is -0.569. The Morgan fingerprint density at radius 1 is 1.40 bits per heavy atom. The van der Waals surface area contributed by atoms with Crippen LogP contribution in [0.5, 0.6) is 0 Å². The third kappa shape index (κ3) is 4.67. The number of carbonyl (C=O) groups excluding carboxylic acids is 2. The first-order chi connectivity index (χ1) is 9.14. The van der Waals surface area contributed by atoms with E-state index in [1.54, 1.807) is 25.7 Å². The molecule has 1 aliphatic heterocycles. The molecule has 1 rings (SSSR count). The predicted molar refractivity (Wildman–Crippen MR) is 75.3 cm³/mol. The molecule has 0 bridgehead atoms. The first-order valence-corrected chi connectivity index (χ1v) is 7.07. The van der Waals surface area contributed by atoms with Crippen LogP contribution in [0.15, 0.2) is 0 Å². The van der Waals surface area contributed by atoms with Gasteiger partial charge in [0.05, 0.1) is 18.7 Å². The highest BCUT2D eigenvalue weighted by Crippen LogP contribution is 2.22. The number of hydrogen-bond acceptors (Lipinski definition) is 4. The van der Waals surface area contributed by atoms with Gasteiger partial charge in [0.25, 0.3) is 0 Å². The van der Waals surface area contributed by atoms with E-state index < -0.39 is 17.8 Å². The number of aliphatic hydroxyl groups is 1. The normalized spacial score (nSPS) is 22.8. The number of rotatable bonds is 3. The molecule has 1 aliphatic rings. The third-order valence-electron chi connectivity index (χ3n) is 3.28. The van der Waals surface area contributed by atoms with Gasteiger partial charge in [-0.05, 0) is 34.1 Å². The van der Waals surface area contributed by atoms with E-state index >= 15 is 0 Å². The van der Waals surface area contributed by atoms with Gasteiger partial charge in [0.2, 0.25) is 5.91 Å². The number of amides is 2. The molecule has 0 aliphatic carbocycles. The van der Waals surface area contributed by atoms with Crippen molar-refractivity contribution < 1.29 is 19.4 Å². The van der Waals surface area contributed by atoms with E-state index in [9.17, 15) is 14.7 Å². The second kappa shape index (κ2) is 6.43. The fourth-order valence-electron chi connectivity index (χ4n) is 2.34. The Kier molecular flexibility index (Phi) is 5.39. The molecule has 116 valence electrons. The van der Waals surface area contributed by atoms with Gasteiger partial charge in [-0.15, -0.1) is 0 Å². The lowest BCUT2D eigenvalue weighted by molar-refractivity contribution is -0.129. The van der Waals surface area contributed by atoms with Crippen LogP contribution in [0.3, 0.4) is 0 Å². The largest absolute Gasteiger partial charge is 0.444 e. The average molecular weight is 286 g/mol. The number of nitrogens with zero attached hydrogens (tertiary/aromatic N) is 2. The highest BCUT2D eigenvalue weighted by atomic mass is 16.6. The standard InChI is InChI=1S/C14H26N2O4/c1-6-15(10(2)17)8-11-7-12(18)9-16(11)13(19)20-14(3,4)5/h11-12,18H,6-9H2,1-5H3. The summed E-state index contributed by atoms with van der Waals surface area (Å²) in [4.78, 5) is 26.8. The van der Waals surface area contributed by atoms with Crippen LogP contribution in [0, 0.1) is 0 Å². The molecule has 2 unspecified atom stereocenters. The summed E-state index contributed by atoms with van der Waals surface area (Å²) in [6, 6.07) is -0.191. The number of likely N-dealkylation sites (tertiary alicyclic amines) is 1. The fraction of sp³-hybridized carbons (Fsp3) is 0.857. The smallest absolute Gasteiger partial charge is 0.410 e. The van der Waals surface area contributed by atoms with Gasteiger partial charge in [-0.1, -0.05) is 0 Å². The van der Waals surface area contributed by atoms with Gasteiger partial charge in [-0.3, -0.25) is 4.79 Å². The van der Waals surface area contributed by atoms with E-state index in [4.69, 9.17) is 4.74 Å². The molecule has 0 aromatic rings. The van der Waals surface area contributed by atoms with Gasteiger partial charge in [0.15, 0.2) is 0 Å². The van der Waals surface area contributed by atoms with Gasteiger partial charge < -0.3 is 19.6 Å².